The van der Waals surface area contributed by atoms with E-state index in [0.29, 0.717) is 24.7 Å². The quantitative estimate of drug-likeness (QED) is 0.124. The SMILES string of the molecule is CCCCNC(=O)C(Cc1ccccc1)N(Cc1ccc(C)cc1)C(=O)CN(c1ccc(OCC)cc1)S(=O)(=O)c1ccc(OC)c(OC)c1. The lowest BCUT2D eigenvalue weighted by Gasteiger charge is -2.34. The summed E-state index contributed by atoms with van der Waals surface area (Å²) >= 11 is 0. The minimum absolute atomic E-state index is 0.0886. The van der Waals surface area contributed by atoms with Crippen molar-refractivity contribution in [3.8, 4) is 17.2 Å². The average Bonchev–Trinajstić information content (AvgIpc) is 3.13. The van der Waals surface area contributed by atoms with Gasteiger partial charge in [0.1, 0.15) is 18.3 Å². The fourth-order valence-corrected chi connectivity index (χ4v) is 6.89. The van der Waals surface area contributed by atoms with Gasteiger partial charge in [-0.05, 0) is 67.8 Å². The van der Waals surface area contributed by atoms with Gasteiger partial charge in [-0.2, -0.15) is 0 Å². The Bertz CT molecular complexity index is 1800. The number of methoxy groups -OCH3 is 2. The van der Waals surface area contributed by atoms with E-state index in [4.69, 9.17) is 14.2 Å². The smallest absolute Gasteiger partial charge is 0.264 e. The Balaban J connectivity index is 1.82. The molecular formula is C39H47N3O7S. The van der Waals surface area contributed by atoms with Crippen molar-refractivity contribution in [1.82, 2.24) is 10.2 Å². The van der Waals surface area contributed by atoms with E-state index in [9.17, 15) is 18.0 Å². The molecule has 0 heterocycles. The molecule has 0 bridgehead atoms. The van der Waals surface area contributed by atoms with Gasteiger partial charge < -0.3 is 24.4 Å². The third-order valence-corrected chi connectivity index (χ3v) is 10.0. The number of unbranched alkanes of at least 4 members (excludes halogenated alkanes) is 1. The Labute approximate surface area is 296 Å². The van der Waals surface area contributed by atoms with E-state index in [2.05, 4.69) is 5.32 Å². The monoisotopic (exact) mass is 701 g/mol. The van der Waals surface area contributed by atoms with Crippen molar-refractivity contribution in [3.63, 3.8) is 0 Å². The Morgan fingerprint density at radius 1 is 0.820 bits per heavy atom. The summed E-state index contributed by atoms with van der Waals surface area (Å²) in [5.41, 5.74) is 2.97. The highest BCUT2D eigenvalue weighted by Gasteiger charge is 2.35. The van der Waals surface area contributed by atoms with Crippen LogP contribution in [0.3, 0.4) is 0 Å². The maximum absolute atomic E-state index is 14.7. The molecule has 0 aliphatic heterocycles. The second kappa shape index (κ2) is 18.1. The van der Waals surface area contributed by atoms with E-state index in [-0.39, 0.29) is 35.2 Å². The number of sulfonamides is 1. The third kappa shape index (κ3) is 9.78. The average molecular weight is 702 g/mol. The molecule has 1 unspecified atom stereocenters. The largest absolute Gasteiger partial charge is 0.494 e. The van der Waals surface area contributed by atoms with Gasteiger partial charge in [-0.3, -0.25) is 13.9 Å². The Morgan fingerprint density at radius 3 is 2.12 bits per heavy atom. The van der Waals surface area contributed by atoms with E-state index in [1.807, 2.05) is 75.4 Å². The molecule has 0 aromatic heterocycles. The summed E-state index contributed by atoms with van der Waals surface area (Å²) in [6.45, 7) is 6.26. The van der Waals surface area contributed by atoms with Crippen molar-refractivity contribution in [3.05, 3.63) is 114 Å². The molecule has 0 aliphatic carbocycles. The maximum atomic E-state index is 14.7. The normalized spacial score (nSPS) is 11.7. The topological polar surface area (TPSA) is 114 Å². The van der Waals surface area contributed by atoms with Crippen LogP contribution in [0.5, 0.6) is 17.2 Å². The summed E-state index contributed by atoms with van der Waals surface area (Å²) in [5.74, 6) is 0.281. The van der Waals surface area contributed by atoms with Crippen LogP contribution in [0.15, 0.2) is 102 Å². The number of aryl methyl sites for hydroxylation is 1. The molecule has 1 atom stereocenters. The van der Waals surface area contributed by atoms with Crippen molar-refractivity contribution in [2.45, 2.75) is 57.5 Å². The second-order valence-electron chi connectivity index (χ2n) is 11.8. The van der Waals surface area contributed by atoms with Crippen LogP contribution in [-0.2, 0) is 32.6 Å². The number of anilines is 1. The zero-order chi connectivity index (χ0) is 36.1. The molecule has 0 radical (unpaired) electrons. The zero-order valence-corrected chi connectivity index (χ0v) is 30.2. The van der Waals surface area contributed by atoms with Crippen LogP contribution in [0.2, 0.25) is 0 Å². The standard InChI is InChI=1S/C39H47N3O7S/c1-6-8-24-40-39(44)35(25-30-12-10-9-11-13-30)41(27-31-16-14-29(3)15-17-31)38(43)28-42(32-18-20-33(21-19-32)49-7-2)50(45,46)34-22-23-36(47-4)37(26-34)48-5/h9-23,26,35H,6-8,24-25,27-28H2,1-5H3,(H,40,44). The van der Waals surface area contributed by atoms with Crippen LogP contribution in [0, 0.1) is 6.92 Å². The van der Waals surface area contributed by atoms with Gasteiger partial charge in [0.15, 0.2) is 11.5 Å². The predicted octanol–water partition coefficient (Wildman–Crippen LogP) is 6.16. The number of benzene rings is 4. The molecule has 2 amide bonds. The van der Waals surface area contributed by atoms with Crippen molar-refractivity contribution in [2.75, 3.05) is 38.2 Å². The lowest BCUT2D eigenvalue weighted by atomic mass is 10.0. The molecule has 4 aromatic rings. The maximum Gasteiger partial charge on any atom is 0.264 e. The van der Waals surface area contributed by atoms with E-state index < -0.39 is 28.5 Å². The van der Waals surface area contributed by atoms with Gasteiger partial charge in [-0.25, -0.2) is 8.42 Å². The van der Waals surface area contributed by atoms with Gasteiger partial charge in [-0.15, -0.1) is 0 Å². The van der Waals surface area contributed by atoms with Crippen LogP contribution < -0.4 is 23.8 Å². The highest BCUT2D eigenvalue weighted by atomic mass is 32.2. The van der Waals surface area contributed by atoms with Crippen LogP contribution in [0.4, 0.5) is 5.69 Å². The first-order valence-corrected chi connectivity index (χ1v) is 18.2. The number of hydrogen-bond acceptors (Lipinski definition) is 7. The van der Waals surface area contributed by atoms with Crippen LogP contribution in [0.25, 0.3) is 0 Å². The van der Waals surface area contributed by atoms with Gasteiger partial charge >= 0.3 is 0 Å². The van der Waals surface area contributed by atoms with Gasteiger partial charge in [0, 0.05) is 25.6 Å². The lowest BCUT2D eigenvalue weighted by Crippen LogP contribution is -2.53. The molecule has 4 rings (SSSR count). The first-order valence-electron chi connectivity index (χ1n) is 16.8. The number of amides is 2. The fourth-order valence-electron chi connectivity index (χ4n) is 5.46. The van der Waals surface area contributed by atoms with E-state index >= 15 is 0 Å². The number of carbonyl (C=O) groups is 2. The zero-order valence-electron chi connectivity index (χ0n) is 29.4. The minimum atomic E-state index is -4.36. The minimum Gasteiger partial charge on any atom is -0.494 e. The summed E-state index contributed by atoms with van der Waals surface area (Å²) in [5, 5.41) is 3.01. The number of hydrogen-bond donors (Lipinski definition) is 1. The van der Waals surface area contributed by atoms with Crippen molar-refractivity contribution in [1.29, 1.82) is 0 Å². The Morgan fingerprint density at radius 2 is 1.50 bits per heavy atom. The molecule has 0 aliphatic rings. The summed E-state index contributed by atoms with van der Waals surface area (Å²) in [4.78, 5) is 30.0. The first-order chi connectivity index (χ1) is 24.1. The van der Waals surface area contributed by atoms with Gasteiger partial charge in [0.05, 0.1) is 31.4 Å². The molecule has 11 heteroatoms. The van der Waals surface area contributed by atoms with Crippen molar-refractivity contribution < 1.29 is 32.2 Å². The fraction of sp³-hybridized carbons (Fsp3) is 0.333. The van der Waals surface area contributed by atoms with Gasteiger partial charge in [0.25, 0.3) is 10.0 Å². The number of nitrogens with one attached hydrogen (secondary N) is 1. The van der Waals surface area contributed by atoms with Gasteiger partial charge in [0.2, 0.25) is 11.8 Å². The second-order valence-corrected chi connectivity index (χ2v) is 13.7. The van der Waals surface area contributed by atoms with Crippen molar-refractivity contribution >= 4 is 27.5 Å². The van der Waals surface area contributed by atoms with E-state index in [1.165, 1.54) is 37.3 Å². The number of rotatable bonds is 18. The summed E-state index contributed by atoms with van der Waals surface area (Å²) < 4.78 is 46.4. The lowest BCUT2D eigenvalue weighted by molar-refractivity contribution is -0.140. The number of ether oxygens (including phenoxy) is 3. The third-order valence-electron chi connectivity index (χ3n) is 8.23. The molecule has 50 heavy (non-hydrogen) atoms. The molecular weight excluding hydrogens is 655 g/mol. The van der Waals surface area contributed by atoms with Crippen LogP contribution in [0.1, 0.15) is 43.4 Å². The molecule has 0 saturated carbocycles. The summed E-state index contributed by atoms with van der Waals surface area (Å²) in [7, 11) is -1.48. The summed E-state index contributed by atoms with van der Waals surface area (Å²) in [6.07, 6.45) is 1.91. The molecule has 1 N–H and O–H groups in total. The Hall–Kier alpha value is -5.03. The molecule has 266 valence electrons. The highest BCUT2D eigenvalue weighted by molar-refractivity contribution is 7.92. The molecule has 0 spiro atoms. The number of carbonyl (C=O) groups excluding carboxylic acids is 2. The van der Waals surface area contributed by atoms with Crippen molar-refractivity contribution in [2.24, 2.45) is 0 Å². The van der Waals surface area contributed by atoms with E-state index in [1.54, 1.807) is 24.3 Å². The highest BCUT2D eigenvalue weighted by Crippen LogP contribution is 2.33. The number of nitrogens with zero attached hydrogens (tertiary/aromatic N) is 2. The van der Waals surface area contributed by atoms with Crippen LogP contribution >= 0.6 is 0 Å². The predicted molar refractivity (Wildman–Crippen MR) is 195 cm³/mol. The molecule has 4 aromatic carbocycles. The van der Waals surface area contributed by atoms with E-state index in [0.717, 1.165) is 33.8 Å². The summed E-state index contributed by atoms with van der Waals surface area (Å²) in [6, 6.07) is 27.1. The van der Waals surface area contributed by atoms with Crippen LogP contribution in [-0.4, -0.2) is 65.1 Å². The molecule has 10 nitrogen and oxygen atoms in total. The molecule has 0 saturated heterocycles. The molecule has 0 fully saturated rings. The van der Waals surface area contributed by atoms with Gasteiger partial charge in [-0.1, -0.05) is 73.5 Å². The Kier molecular flexibility index (Phi) is 13.7. The first kappa shape index (κ1) is 37.8.